The minimum atomic E-state index is -0.908. The van der Waals surface area contributed by atoms with E-state index in [4.69, 9.17) is 4.74 Å². The summed E-state index contributed by atoms with van der Waals surface area (Å²) in [5.74, 6) is 0. The fourth-order valence-corrected chi connectivity index (χ4v) is 2.56. The van der Waals surface area contributed by atoms with Crippen molar-refractivity contribution < 1.29 is 14.8 Å². The molecule has 0 saturated carbocycles. The molecule has 0 bridgehead atoms. The van der Waals surface area contributed by atoms with E-state index in [1.54, 1.807) is 0 Å². The maximum Gasteiger partial charge on any atom is 0.270 e. The van der Waals surface area contributed by atoms with Gasteiger partial charge >= 0.3 is 0 Å². The summed E-state index contributed by atoms with van der Waals surface area (Å²) in [5, 5.41) is 21.1. The average molecular weight is 355 g/mol. The number of hydrogen-bond donors (Lipinski definition) is 1. The van der Waals surface area contributed by atoms with Crippen molar-refractivity contribution in [1.82, 2.24) is 9.55 Å². The van der Waals surface area contributed by atoms with E-state index in [9.17, 15) is 20.0 Å². The van der Waals surface area contributed by atoms with Gasteiger partial charge in [-0.15, -0.1) is 0 Å². The zero-order valence-electron chi connectivity index (χ0n) is 13.8. The second kappa shape index (κ2) is 7.85. The lowest BCUT2D eigenvalue weighted by molar-refractivity contribution is -0.384. The smallest absolute Gasteiger partial charge is 0.270 e. The molecule has 0 spiro atoms. The molecule has 8 heteroatoms. The molecule has 0 saturated heterocycles. The van der Waals surface area contributed by atoms with Crippen LogP contribution in [0.3, 0.4) is 0 Å². The normalized spacial score (nSPS) is 12.2. The molecular weight excluding hydrogens is 338 g/mol. The summed E-state index contributed by atoms with van der Waals surface area (Å²) in [6, 6.07) is 13.4. The molecule has 2 aromatic carbocycles. The summed E-state index contributed by atoms with van der Waals surface area (Å²) < 4.78 is 6.68. The van der Waals surface area contributed by atoms with Crippen molar-refractivity contribution in [2.24, 2.45) is 0 Å². The predicted octanol–water partition coefficient (Wildman–Crippen LogP) is 1.88. The molecule has 26 heavy (non-hydrogen) atoms. The van der Waals surface area contributed by atoms with Crippen LogP contribution in [0.15, 0.2) is 59.7 Å². The number of benzene rings is 2. The summed E-state index contributed by atoms with van der Waals surface area (Å²) in [6.07, 6.45) is 0.408. The van der Waals surface area contributed by atoms with Crippen LogP contribution < -0.4 is 5.56 Å². The lowest BCUT2D eigenvalue weighted by Crippen LogP contribution is -2.29. The van der Waals surface area contributed by atoms with Crippen molar-refractivity contribution in [3.63, 3.8) is 0 Å². The third-order valence-corrected chi connectivity index (χ3v) is 3.85. The highest BCUT2D eigenvalue weighted by Gasteiger charge is 2.13. The molecule has 8 nitrogen and oxygen atoms in total. The number of non-ortho nitro benzene ring substituents is 1. The molecule has 1 unspecified atom stereocenters. The molecule has 1 N–H and O–H groups in total. The number of aromatic nitrogens is 2. The lowest BCUT2D eigenvalue weighted by Gasteiger charge is -2.13. The van der Waals surface area contributed by atoms with Crippen LogP contribution in [0.1, 0.15) is 5.56 Å². The van der Waals surface area contributed by atoms with Gasteiger partial charge in [-0.25, -0.2) is 4.98 Å². The minimum Gasteiger partial charge on any atom is -0.389 e. The first-order valence-corrected chi connectivity index (χ1v) is 7.98. The first-order chi connectivity index (χ1) is 12.5. The lowest BCUT2D eigenvalue weighted by atomic mass is 10.2. The van der Waals surface area contributed by atoms with Crippen LogP contribution in [0.5, 0.6) is 0 Å². The number of hydrogen-bond acceptors (Lipinski definition) is 6. The molecule has 3 aromatic rings. The molecule has 3 rings (SSSR count). The van der Waals surface area contributed by atoms with E-state index in [1.807, 2.05) is 30.3 Å². The molecule has 134 valence electrons. The Morgan fingerprint density at radius 3 is 2.73 bits per heavy atom. The first-order valence-electron chi connectivity index (χ1n) is 7.98. The number of nitrogens with zero attached hydrogens (tertiary/aromatic N) is 3. The zero-order valence-corrected chi connectivity index (χ0v) is 13.8. The summed E-state index contributed by atoms with van der Waals surface area (Å²) in [7, 11) is 0. The van der Waals surface area contributed by atoms with E-state index in [-0.39, 0.29) is 24.2 Å². The van der Waals surface area contributed by atoms with Gasteiger partial charge in [-0.3, -0.25) is 19.5 Å². The van der Waals surface area contributed by atoms with E-state index in [2.05, 4.69) is 4.98 Å². The van der Waals surface area contributed by atoms with Crippen LogP contribution in [-0.2, 0) is 17.9 Å². The van der Waals surface area contributed by atoms with Crippen LogP contribution >= 0.6 is 0 Å². The van der Waals surface area contributed by atoms with Gasteiger partial charge in [0.1, 0.15) is 0 Å². The van der Waals surface area contributed by atoms with E-state index < -0.39 is 16.6 Å². The van der Waals surface area contributed by atoms with Crippen molar-refractivity contribution in [3.8, 4) is 0 Å². The fourth-order valence-electron chi connectivity index (χ4n) is 2.56. The highest BCUT2D eigenvalue weighted by Crippen LogP contribution is 2.16. The van der Waals surface area contributed by atoms with Gasteiger partial charge in [0.05, 0.1) is 48.0 Å². The number of aliphatic hydroxyl groups excluding tert-OH is 1. The van der Waals surface area contributed by atoms with E-state index in [0.29, 0.717) is 12.1 Å². The van der Waals surface area contributed by atoms with Crippen LogP contribution in [0, 0.1) is 10.1 Å². The van der Waals surface area contributed by atoms with Crippen LogP contribution in [0.2, 0.25) is 0 Å². The molecular formula is C18H17N3O5. The van der Waals surface area contributed by atoms with Gasteiger partial charge in [0, 0.05) is 12.1 Å². The third kappa shape index (κ3) is 4.11. The van der Waals surface area contributed by atoms with Gasteiger partial charge < -0.3 is 9.84 Å². The Morgan fingerprint density at radius 1 is 1.23 bits per heavy atom. The van der Waals surface area contributed by atoms with Gasteiger partial charge in [0.15, 0.2) is 0 Å². The number of aliphatic hydroxyl groups is 1. The van der Waals surface area contributed by atoms with Crippen molar-refractivity contribution in [3.05, 3.63) is 80.9 Å². The van der Waals surface area contributed by atoms with E-state index in [0.717, 1.165) is 5.56 Å². The summed E-state index contributed by atoms with van der Waals surface area (Å²) in [4.78, 5) is 26.9. The van der Waals surface area contributed by atoms with Crippen LogP contribution in [0.4, 0.5) is 5.69 Å². The highest BCUT2D eigenvalue weighted by atomic mass is 16.6. The number of nitro groups is 1. The highest BCUT2D eigenvalue weighted by molar-refractivity contribution is 5.79. The molecule has 0 amide bonds. The average Bonchev–Trinajstić information content (AvgIpc) is 2.64. The molecule has 0 aliphatic heterocycles. The second-order valence-electron chi connectivity index (χ2n) is 5.82. The monoisotopic (exact) mass is 355 g/mol. The number of ether oxygens (including phenoxy) is 1. The van der Waals surface area contributed by atoms with Crippen molar-refractivity contribution in [2.75, 3.05) is 6.61 Å². The number of fused-ring (bicyclic) bond motifs is 1. The standard InChI is InChI=1S/C18H17N3O5/c22-15(11-26-10-13-4-2-1-3-5-13)9-20-12-19-17-7-6-14(21(24)25)8-16(17)18(20)23/h1-8,12,15,22H,9-11H2. The third-order valence-electron chi connectivity index (χ3n) is 3.85. The van der Waals surface area contributed by atoms with Crippen LogP contribution in [0.25, 0.3) is 10.9 Å². The van der Waals surface area contributed by atoms with Gasteiger partial charge in [0.25, 0.3) is 11.2 Å². The number of nitro benzene ring substituents is 1. The Kier molecular flexibility index (Phi) is 5.35. The minimum absolute atomic E-state index is 0.0146. The SMILES string of the molecule is O=c1c2cc([N+](=O)[O-])ccc2ncn1CC(O)COCc1ccccc1. The maximum atomic E-state index is 12.5. The van der Waals surface area contributed by atoms with Gasteiger partial charge in [-0.1, -0.05) is 30.3 Å². The Hall–Kier alpha value is -3.10. The maximum absolute atomic E-state index is 12.5. The summed E-state index contributed by atoms with van der Waals surface area (Å²) >= 11 is 0. The van der Waals surface area contributed by atoms with Crippen molar-refractivity contribution in [2.45, 2.75) is 19.3 Å². The quantitative estimate of drug-likeness (QED) is 0.512. The van der Waals surface area contributed by atoms with Crippen molar-refractivity contribution >= 4 is 16.6 Å². The molecule has 1 heterocycles. The van der Waals surface area contributed by atoms with E-state index in [1.165, 1.54) is 29.1 Å². The Balaban J connectivity index is 1.68. The summed E-state index contributed by atoms with van der Waals surface area (Å²) in [5.41, 5.74) is 0.727. The molecule has 1 aromatic heterocycles. The molecule has 0 aliphatic carbocycles. The van der Waals surface area contributed by atoms with Crippen LogP contribution in [-0.4, -0.2) is 32.3 Å². The molecule has 0 radical (unpaired) electrons. The Morgan fingerprint density at radius 2 is 2.00 bits per heavy atom. The van der Waals surface area contributed by atoms with Gasteiger partial charge in [0.2, 0.25) is 0 Å². The fraction of sp³-hybridized carbons (Fsp3) is 0.222. The Bertz CT molecular complexity index is 971. The molecule has 0 aliphatic rings. The molecule has 1 atom stereocenters. The second-order valence-corrected chi connectivity index (χ2v) is 5.82. The predicted molar refractivity (Wildman–Crippen MR) is 94.8 cm³/mol. The van der Waals surface area contributed by atoms with Gasteiger partial charge in [-0.05, 0) is 11.6 Å². The van der Waals surface area contributed by atoms with Crippen molar-refractivity contribution in [1.29, 1.82) is 0 Å². The number of rotatable bonds is 7. The topological polar surface area (TPSA) is 107 Å². The largest absolute Gasteiger partial charge is 0.389 e. The summed E-state index contributed by atoms with van der Waals surface area (Å²) in [6.45, 7) is 0.391. The van der Waals surface area contributed by atoms with E-state index >= 15 is 0 Å². The molecule has 0 fully saturated rings. The zero-order chi connectivity index (χ0) is 18.5. The Labute approximate surface area is 148 Å². The van der Waals surface area contributed by atoms with Gasteiger partial charge in [-0.2, -0.15) is 0 Å². The first kappa shape index (κ1) is 17.7.